The van der Waals surface area contributed by atoms with Crippen molar-refractivity contribution in [3.05, 3.63) is 34.9 Å². The zero-order chi connectivity index (χ0) is 20.0. The predicted octanol–water partition coefficient (Wildman–Crippen LogP) is 4.25. The number of halogens is 1. The molecule has 0 atom stereocenters. The summed E-state index contributed by atoms with van der Waals surface area (Å²) in [6, 6.07) is 7.10. The fourth-order valence-corrected chi connectivity index (χ4v) is 1.93. The molecule has 2 amide bonds. The van der Waals surface area contributed by atoms with Gasteiger partial charge in [-0.2, -0.15) is 0 Å². The minimum Gasteiger partial charge on any atom is -0.444 e. The van der Waals surface area contributed by atoms with E-state index in [4.69, 9.17) is 21.1 Å². The maximum absolute atomic E-state index is 12.0. The smallest absolute Gasteiger partial charge is 0.414 e. The molecule has 0 saturated heterocycles. The van der Waals surface area contributed by atoms with Crippen molar-refractivity contribution in [3.8, 4) is 0 Å². The highest BCUT2D eigenvalue weighted by molar-refractivity contribution is 6.30. The van der Waals surface area contributed by atoms with E-state index in [1.54, 1.807) is 59.7 Å². The van der Waals surface area contributed by atoms with E-state index in [1.807, 2.05) is 6.07 Å². The van der Waals surface area contributed by atoms with E-state index in [0.29, 0.717) is 5.02 Å². The topological polar surface area (TPSA) is 89.0 Å². The zero-order valence-electron chi connectivity index (χ0n) is 16.0. The number of rotatable bonds is 2. The Morgan fingerprint density at radius 2 is 1.50 bits per heavy atom. The van der Waals surface area contributed by atoms with E-state index in [0.717, 1.165) is 5.56 Å². The standard InChI is InChI=1S/C18H26ClN3O4/c1-17(2,3)25-15(23)21-14(22-16(24)26-18(4,5)6)20-11-12-8-7-9-13(19)10-12/h7-10H,11H2,1-6H3,(H2,20,21,22,23,24). The molecule has 0 saturated carbocycles. The molecular weight excluding hydrogens is 358 g/mol. The maximum atomic E-state index is 12.0. The van der Waals surface area contributed by atoms with Gasteiger partial charge in [0.2, 0.25) is 5.96 Å². The lowest BCUT2D eigenvalue weighted by molar-refractivity contribution is 0.0545. The van der Waals surface area contributed by atoms with Crippen molar-refractivity contribution in [1.29, 1.82) is 0 Å². The van der Waals surface area contributed by atoms with Crippen molar-refractivity contribution in [1.82, 2.24) is 10.6 Å². The van der Waals surface area contributed by atoms with Crippen molar-refractivity contribution in [2.75, 3.05) is 0 Å². The van der Waals surface area contributed by atoms with E-state index in [2.05, 4.69) is 15.6 Å². The van der Waals surface area contributed by atoms with Gasteiger partial charge in [0.15, 0.2) is 0 Å². The first kappa shape index (κ1) is 21.8. The van der Waals surface area contributed by atoms with Gasteiger partial charge in [0, 0.05) is 5.02 Å². The largest absolute Gasteiger partial charge is 0.444 e. The summed E-state index contributed by atoms with van der Waals surface area (Å²) in [6.45, 7) is 10.6. The molecule has 2 N–H and O–H groups in total. The maximum Gasteiger partial charge on any atom is 0.414 e. The number of nitrogens with one attached hydrogen (secondary N) is 2. The molecule has 0 unspecified atom stereocenters. The van der Waals surface area contributed by atoms with Crippen LogP contribution in [0, 0.1) is 0 Å². The van der Waals surface area contributed by atoms with Crippen LogP contribution in [-0.2, 0) is 16.0 Å². The Kier molecular flexibility index (Phi) is 7.44. The van der Waals surface area contributed by atoms with Crippen molar-refractivity contribution in [2.24, 2.45) is 4.99 Å². The van der Waals surface area contributed by atoms with Crippen LogP contribution in [0.5, 0.6) is 0 Å². The van der Waals surface area contributed by atoms with Crippen LogP contribution in [0.4, 0.5) is 9.59 Å². The first-order chi connectivity index (χ1) is 11.8. The van der Waals surface area contributed by atoms with E-state index >= 15 is 0 Å². The third kappa shape index (κ3) is 9.88. The molecule has 26 heavy (non-hydrogen) atoms. The fraction of sp³-hybridized carbons (Fsp3) is 0.500. The van der Waals surface area contributed by atoms with Crippen LogP contribution in [-0.4, -0.2) is 29.3 Å². The number of benzene rings is 1. The van der Waals surface area contributed by atoms with Gasteiger partial charge in [-0.15, -0.1) is 0 Å². The molecule has 0 fully saturated rings. The summed E-state index contributed by atoms with van der Waals surface area (Å²) in [5.41, 5.74) is -0.561. The first-order valence-corrected chi connectivity index (χ1v) is 8.51. The van der Waals surface area contributed by atoms with Crippen LogP contribution < -0.4 is 10.6 Å². The molecule has 0 aromatic heterocycles. The van der Waals surface area contributed by atoms with Crippen LogP contribution in [0.15, 0.2) is 29.3 Å². The number of nitrogens with zero attached hydrogens (tertiary/aromatic N) is 1. The number of hydrogen-bond acceptors (Lipinski definition) is 5. The number of carbonyl (C=O) groups excluding carboxylic acids is 2. The Labute approximate surface area is 159 Å². The molecule has 0 radical (unpaired) electrons. The fourth-order valence-electron chi connectivity index (χ4n) is 1.72. The van der Waals surface area contributed by atoms with Gasteiger partial charge in [0.1, 0.15) is 11.2 Å². The molecule has 0 aliphatic rings. The van der Waals surface area contributed by atoms with Gasteiger partial charge < -0.3 is 9.47 Å². The van der Waals surface area contributed by atoms with Crippen molar-refractivity contribution in [3.63, 3.8) is 0 Å². The number of aliphatic imine (C=N–C) groups is 1. The molecule has 144 valence electrons. The molecule has 7 nitrogen and oxygen atoms in total. The lowest BCUT2D eigenvalue weighted by Crippen LogP contribution is -2.47. The Hall–Kier alpha value is -2.28. The van der Waals surface area contributed by atoms with Gasteiger partial charge in [-0.1, -0.05) is 23.7 Å². The third-order valence-electron chi connectivity index (χ3n) is 2.55. The van der Waals surface area contributed by atoms with E-state index in [-0.39, 0.29) is 12.5 Å². The average Bonchev–Trinajstić information content (AvgIpc) is 2.40. The lowest BCUT2D eigenvalue weighted by atomic mass is 10.2. The SMILES string of the molecule is CC(C)(C)OC(=O)NC(=NCc1cccc(Cl)c1)NC(=O)OC(C)(C)C. The number of carbonyl (C=O) groups is 2. The van der Waals surface area contributed by atoms with Gasteiger partial charge in [-0.25, -0.2) is 14.6 Å². The quantitative estimate of drug-likeness (QED) is 0.590. The highest BCUT2D eigenvalue weighted by atomic mass is 35.5. The van der Waals surface area contributed by atoms with Crippen molar-refractivity contribution >= 4 is 29.7 Å². The van der Waals surface area contributed by atoms with Crippen molar-refractivity contribution < 1.29 is 19.1 Å². The summed E-state index contributed by atoms with van der Waals surface area (Å²) in [6.07, 6.45) is -1.48. The van der Waals surface area contributed by atoms with Crippen LogP contribution in [0.1, 0.15) is 47.1 Å². The second-order valence-electron chi connectivity index (χ2n) is 7.55. The van der Waals surface area contributed by atoms with Crippen molar-refractivity contribution in [2.45, 2.75) is 59.3 Å². The van der Waals surface area contributed by atoms with Gasteiger partial charge in [-0.05, 0) is 59.2 Å². The molecule has 0 aliphatic carbocycles. The lowest BCUT2D eigenvalue weighted by Gasteiger charge is -2.22. The molecule has 1 aromatic carbocycles. The Balaban J connectivity index is 2.87. The molecule has 0 heterocycles. The molecule has 0 aliphatic heterocycles. The van der Waals surface area contributed by atoms with E-state index in [1.165, 1.54) is 0 Å². The van der Waals surface area contributed by atoms with Gasteiger partial charge in [0.25, 0.3) is 0 Å². The first-order valence-electron chi connectivity index (χ1n) is 8.13. The number of alkyl carbamates (subject to hydrolysis) is 2. The minimum atomic E-state index is -0.738. The molecule has 0 spiro atoms. The molecule has 8 heteroatoms. The van der Waals surface area contributed by atoms with E-state index in [9.17, 15) is 9.59 Å². The summed E-state index contributed by atoms with van der Waals surface area (Å²) < 4.78 is 10.4. The second kappa shape index (κ2) is 8.89. The second-order valence-corrected chi connectivity index (χ2v) is 7.98. The highest BCUT2D eigenvalue weighted by Crippen LogP contribution is 2.12. The van der Waals surface area contributed by atoms with Crippen LogP contribution in [0.25, 0.3) is 0 Å². The van der Waals surface area contributed by atoms with Crippen LogP contribution in [0.2, 0.25) is 5.02 Å². The van der Waals surface area contributed by atoms with E-state index < -0.39 is 23.4 Å². The molecule has 1 rings (SSSR count). The van der Waals surface area contributed by atoms with Crippen LogP contribution >= 0.6 is 11.6 Å². The summed E-state index contributed by atoms with van der Waals surface area (Å²) in [4.78, 5) is 28.2. The minimum absolute atomic E-state index is 0.0755. The molecular formula is C18H26ClN3O4. The van der Waals surface area contributed by atoms with Crippen LogP contribution in [0.3, 0.4) is 0 Å². The Morgan fingerprint density at radius 3 is 1.92 bits per heavy atom. The Morgan fingerprint density at radius 1 is 1.00 bits per heavy atom. The number of ether oxygens (including phenoxy) is 2. The summed E-state index contributed by atoms with van der Waals surface area (Å²) in [7, 11) is 0. The van der Waals surface area contributed by atoms with Gasteiger partial charge >= 0.3 is 12.2 Å². The van der Waals surface area contributed by atoms with Gasteiger partial charge in [-0.3, -0.25) is 10.6 Å². The average molecular weight is 384 g/mol. The monoisotopic (exact) mass is 383 g/mol. The number of amides is 2. The number of guanidine groups is 1. The third-order valence-corrected chi connectivity index (χ3v) is 2.78. The zero-order valence-corrected chi connectivity index (χ0v) is 16.7. The predicted molar refractivity (Wildman–Crippen MR) is 101 cm³/mol. The Bertz CT molecular complexity index is 644. The molecule has 0 bridgehead atoms. The molecule has 1 aromatic rings. The highest BCUT2D eigenvalue weighted by Gasteiger charge is 2.21. The summed E-state index contributed by atoms with van der Waals surface area (Å²) in [5, 5.41) is 5.41. The number of hydrogen-bond donors (Lipinski definition) is 2. The normalized spacial score (nSPS) is 11.3. The summed E-state index contributed by atoms with van der Waals surface area (Å²) >= 11 is 5.95. The summed E-state index contributed by atoms with van der Waals surface area (Å²) in [5.74, 6) is -0.0755. The van der Waals surface area contributed by atoms with Gasteiger partial charge in [0.05, 0.1) is 6.54 Å².